The maximum atomic E-state index is 13.5. The number of amides is 4. The first-order valence-corrected chi connectivity index (χ1v) is 18.5. The number of anilines is 4. The average molecular weight is 643 g/mol. The molecule has 0 aliphatic rings. The van der Waals surface area contributed by atoms with Crippen LogP contribution < -0.4 is 21.3 Å². The average Bonchev–Trinajstić information content (AvgIpc) is 3.04. The van der Waals surface area contributed by atoms with E-state index in [0.29, 0.717) is 48.4 Å². The molecule has 0 fully saturated rings. The highest BCUT2D eigenvalue weighted by Gasteiger charge is 2.25. The van der Waals surface area contributed by atoms with Crippen LogP contribution >= 0.6 is 0 Å². The summed E-state index contributed by atoms with van der Waals surface area (Å²) in [7, 11) is 0. The third-order valence-corrected chi connectivity index (χ3v) is 9.27. The molecule has 0 aliphatic carbocycles. The summed E-state index contributed by atoms with van der Waals surface area (Å²) in [4.78, 5) is 54.1. The Morgan fingerprint density at radius 1 is 0.413 bits per heavy atom. The molecule has 4 amide bonds. The zero-order valence-corrected chi connectivity index (χ0v) is 30.4. The van der Waals surface area contributed by atoms with Crippen molar-refractivity contribution in [3.8, 4) is 0 Å². The maximum Gasteiger partial charge on any atom is 0.227 e. The fourth-order valence-electron chi connectivity index (χ4n) is 5.84. The second-order valence-electron chi connectivity index (χ2n) is 12.9. The molecule has 1 aromatic rings. The van der Waals surface area contributed by atoms with E-state index in [-0.39, 0.29) is 47.3 Å². The molecule has 0 aliphatic heterocycles. The van der Waals surface area contributed by atoms with Crippen molar-refractivity contribution < 1.29 is 19.2 Å². The molecule has 4 unspecified atom stereocenters. The Balaban J connectivity index is 3.73. The van der Waals surface area contributed by atoms with Gasteiger partial charge in [0.15, 0.2) is 0 Å². The summed E-state index contributed by atoms with van der Waals surface area (Å²) in [6.07, 6.45) is 13.7. The predicted octanol–water partition coefficient (Wildman–Crippen LogP) is 10.3. The maximum absolute atomic E-state index is 13.5. The van der Waals surface area contributed by atoms with Crippen LogP contribution in [0.3, 0.4) is 0 Å². The van der Waals surface area contributed by atoms with Crippen LogP contribution in [0.2, 0.25) is 0 Å². The van der Waals surface area contributed by atoms with Gasteiger partial charge in [0, 0.05) is 23.7 Å². The molecular weight excluding hydrogens is 576 g/mol. The van der Waals surface area contributed by atoms with Gasteiger partial charge in [0.05, 0.1) is 22.7 Å². The molecule has 0 heterocycles. The second kappa shape index (κ2) is 23.4. The lowest BCUT2D eigenvalue weighted by Crippen LogP contribution is -2.28. The molecule has 1 aromatic carbocycles. The molecule has 0 saturated heterocycles. The topological polar surface area (TPSA) is 116 Å². The SMILES string of the molecule is CCCCC(CC)C(=O)Nc1cc(NC(=O)C(CC)CCCC)c(NC(=O)C(CC)CCCC)cc1NC(=O)C(CC)CCCC. The van der Waals surface area contributed by atoms with Crippen LogP contribution in [0.4, 0.5) is 22.7 Å². The Bertz CT molecular complexity index is 911. The van der Waals surface area contributed by atoms with Gasteiger partial charge in [-0.2, -0.15) is 0 Å². The summed E-state index contributed by atoms with van der Waals surface area (Å²) >= 11 is 0. The summed E-state index contributed by atoms with van der Waals surface area (Å²) in [5, 5.41) is 12.4. The summed E-state index contributed by atoms with van der Waals surface area (Å²) in [6.45, 7) is 16.5. The summed E-state index contributed by atoms with van der Waals surface area (Å²) < 4.78 is 0. The molecule has 4 N–H and O–H groups in total. The van der Waals surface area contributed by atoms with Gasteiger partial charge in [-0.15, -0.1) is 0 Å². The first-order chi connectivity index (χ1) is 22.1. The Morgan fingerprint density at radius 3 is 0.761 bits per heavy atom. The van der Waals surface area contributed by atoms with Crippen molar-refractivity contribution >= 4 is 46.4 Å². The Morgan fingerprint density at radius 2 is 0.609 bits per heavy atom. The molecule has 8 nitrogen and oxygen atoms in total. The number of rotatable bonds is 24. The zero-order chi connectivity index (χ0) is 34.5. The number of hydrogen-bond donors (Lipinski definition) is 4. The minimum Gasteiger partial charge on any atom is -0.324 e. The van der Waals surface area contributed by atoms with E-state index in [1.165, 1.54) is 0 Å². The number of hydrogen-bond acceptors (Lipinski definition) is 4. The lowest BCUT2D eigenvalue weighted by molar-refractivity contribution is -0.121. The zero-order valence-electron chi connectivity index (χ0n) is 30.4. The van der Waals surface area contributed by atoms with Crippen LogP contribution in [0.1, 0.15) is 158 Å². The van der Waals surface area contributed by atoms with Crippen molar-refractivity contribution in [2.24, 2.45) is 23.7 Å². The van der Waals surface area contributed by atoms with Crippen LogP contribution in [-0.2, 0) is 19.2 Å². The molecule has 262 valence electrons. The largest absolute Gasteiger partial charge is 0.324 e. The lowest BCUT2D eigenvalue weighted by atomic mass is 9.97. The van der Waals surface area contributed by atoms with E-state index in [1.807, 2.05) is 27.7 Å². The van der Waals surface area contributed by atoms with Gasteiger partial charge in [-0.25, -0.2) is 0 Å². The lowest BCUT2D eigenvalue weighted by Gasteiger charge is -2.24. The predicted molar refractivity (Wildman–Crippen MR) is 194 cm³/mol. The van der Waals surface area contributed by atoms with E-state index < -0.39 is 0 Å². The van der Waals surface area contributed by atoms with Crippen molar-refractivity contribution in [2.45, 2.75) is 158 Å². The third-order valence-electron chi connectivity index (χ3n) is 9.27. The number of nitrogens with one attached hydrogen (secondary N) is 4. The van der Waals surface area contributed by atoms with E-state index in [0.717, 1.165) is 77.0 Å². The highest BCUT2D eigenvalue weighted by atomic mass is 16.2. The first kappa shape index (κ1) is 41.1. The van der Waals surface area contributed by atoms with Crippen LogP contribution in [-0.4, -0.2) is 23.6 Å². The smallest absolute Gasteiger partial charge is 0.227 e. The van der Waals surface area contributed by atoms with Gasteiger partial charge in [-0.3, -0.25) is 19.2 Å². The van der Waals surface area contributed by atoms with Gasteiger partial charge in [0.2, 0.25) is 23.6 Å². The number of benzene rings is 1. The van der Waals surface area contributed by atoms with E-state index in [2.05, 4.69) is 49.0 Å². The molecule has 1 rings (SSSR count). The Kier molecular flexibility index (Phi) is 20.9. The number of unbranched alkanes of at least 4 members (excludes halogenated alkanes) is 4. The fourth-order valence-corrected chi connectivity index (χ4v) is 5.84. The summed E-state index contributed by atoms with van der Waals surface area (Å²) in [5.41, 5.74) is 1.69. The molecule has 0 aromatic heterocycles. The molecule has 0 radical (unpaired) electrons. The van der Waals surface area contributed by atoms with Crippen LogP contribution in [0.5, 0.6) is 0 Å². The van der Waals surface area contributed by atoms with Gasteiger partial charge in [-0.05, 0) is 63.5 Å². The fraction of sp³-hybridized carbons (Fsp3) is 0.737. The van der Waals surface area contributed by atoms with E-state index in [4.69, 9.17) is 0 Å². The minimum absolute atomic E-state index is 0.112. The van der Waals surface area contributed by atoms with Gasteiger partial charge in [0.1, 0.15) is 0 Å². The van der Waals surface area contributed by atoms with Gasteiger partial charge in [-0.1, -0.05) is 107 Å². The molecule has 4 atom stereocenters. The molecule has 0 bridgehead atoms. The van der Waals surface area contributed by atoms with Crippen molar-refractivity contribution in [1.29, 1.82) is 0 Å². The van der Waals surface area contributed by atoms with Crippen LogP contribution in [0.25, 0.3) is 0 Å². The molecule has 46 heavy (non-hydrogen) atoms. The Hall–Kier alpha value is -2.90. The van der Waals surface area contributed by atoms with Crippen LogP contribution in [0.15, 0.2) is 12.1 Å². The third kappa shape index (κ3) is 13.8. The highest BCUT2D eigenvalue weighted by molar-refractivity contribution is 6.07. The molecular formula is C38H66N4O4. The monoisotopic (exact) mass is 643 g/mol. The number of carbonyl (C=O) groups is 4. The van der Waals surface area contributed by atoms with Gasteiger partial charge in [0.25, 0.3) is 0 Å². The first-order valence-electron chi connectivity index (χ1n) is 18.5. The van der Waals surface area contributed by atoms with Crippen molar-refractivity contribution in [2.75, 3.05) is 21.3 Å². The quantitative estimate of drug-likeness (QED) is 0.0897. The normalized spacial score (nSPS) is 13.7. The summed E-state index contributed by atoms with van der Waals surface area (Å²) in [5.74, 6) is -1.13. The van der Waals surface area contributed by atoms with E-state index in [1.54, 1.807) is 12.1 Å². The van der Waals surface area contributed by atoms with Gasteiger partial charge < -0.3 is 21.3 Å². The molecule has 8 heteroatoms. The highest BCUT2D eigenvalue weighted by Crippen LogP contribution is 2.36. The standard InChI is InChI=1S/C38H66N4O4/c1-9-17-21-27(13-5)35(43)39-31-25-33(41-37(45)29(15-7)23-19-11-3)34(42-38(46)30(16-8)24-20-12-4)26-32(31)40-36(44)28(14-6)22-18-10-2/h25-30H,9-24H2,1-8H3,(H,39,43)(H,40,44)(H,41,45)(H,42,46). The van der Waals surface area contributed by atoms with Crippen molar-refractivity contribution in [3.63, 3.8) is 0 Å². The van der Waals surface area contributed by atoms with Crippen molar-refractivity contribution in [1.82, 2.24) is 0 Å². The minimum atomic E-state index is -0.170. The van der Waals surface area contributed by atoms with Crippen molar-refractivity contribution in [3.05, 3.63) is 12.1 Å². The molecule has 0 saturated carbocycles. The molecule has 0 spiro atoms. The van der Waals surface area contributed by atoms with Gasteiger partial charge >= 0.3 is 0 Å². The number of carbonyl (C=O) groups excluding carboxylic acids is 4. The van der Waals surface area contributed by atoms with E-state index >= 15 is 0 Å². The van der Waals surface area contributed by atoms with E-state index in [9.17, 15) is 19.2 Å². The Labute approximate surface area is 280 Å². The second-order valence-corrected chi connectivity index (χ2v) is 12.9. The van der Waals surface area contributed by atoms with Crippen LogP contribution in [0, 0.1) is 23.7 Å². The summed E-state index contributed by atoms with van der Waals surface area (Å²) in [6, 6.07) is 3.42.